The molecule has 4 nitrogen and oxygen atoms in total. The van der Waals surface area contributed by atoms with E-state index in [4.69, 9.17) is 9.47 Å². The third-order valence-corrected chi connectivity index (χ3v) is 5.47. The maximum absolute atomic E-state index is 6.07. The summed E-state index contributed by atoms with van der Waals surface area (Å²) in [5, 5.41) is 3.71. The minimum atomic E-state index is 0.190. The van der Waals surface area contributed by atoms with Crippen LogP contribution in [0.4, 0.5) is 0 Å². The summed E-state index contributed by atoms with van der Waals surface area (Å²) in [5.74, 6) is 1.65. The molecule has 1 atom stereocenters. The second-order valence-corrected chi connectivity index (χ2v) is 7.78. The second kappa shape index (κ2) is 8.32. The molecule has 0 amide bonds. The van der Waals surface area contributed by atoms with Crippen LogP contribution in [0.1, 0.15) is 39.4 Å². The van der Waals surface area contributed by atoms with Crippen LogP contribution < -0.4 is 14.8 Å². The Kier molecular flexibility index (Phi) is 6.08. The summed E-state index contributed by atoms with van der Waals surface area (Å²) in [4.78, 5) is 2.12. The summed E-state index contributed by atoms with van der Waals surface area (Å²) in [5.41, 5.74) is 7.99. The summed E-state index contributed by atoms with van der Waals surface area (Å²) >= 11 is 0. The molecule has 1 aliphatic heterocycles. The van der Waals surface area contributed by atoms with E-state index in [1.165, 1.54) is 33.4 Å². The molecule has 1 N–H and O–H groups in total. The molecule has 0 bridgehead atoms. The number of methoxy groups -OCH3 is 1. The van der Waals surface area contributed by atoms with Crippen molar-refractivity contribution in [1.82, 2.24) is 10.2 Å². The molecule has 4 heteroatoms. The molecule has 2 aromatic carbocycles. The number of nitrogens with zero attached hydrogens (tertiary/aromatic N) is 1. The number of aryl methyl sites for hydroxylation is 3. The van der Waals surface area contributed by atoms with Crippen LogP contribution in [0.3, 0.4) is 0 Å². The van der Waals surface area contributed by atoms with Crippen molar-refractivity contribution >= 4 is 0 Å². The van der Waals surface area contributed by atoms with Crippen molar-refractivity contribution in [1.29, 1.82) is 0 Å². The van der Waals surface area contributed by atoms with Crippen molar-refractivity contribution in [2.75, 3.05) is 40.9 Å². The van der Waals surface area contributed by atoms with Gasteiger partial charge in [0.05, 0.1) is 13.2 Å². The van der Waals surface area contributed by atoms with Gasteiger partial charge in [0.15, 0.2) is 11.5 Å². The fourth-order valence-corrected chi connectivity index (χ4v) is 3.75. The van der Waals surface area contributed by atoms with Gasteiger partial charge in [-0.25, -0.2) is 0 Å². The van der Waals surface area contributed by atoms with Crippen molar-refractivity contribution in [3.8, 4) is 11.5 Å². The molecule has 1 unspecified atom stereocenters. The van der Waals surface area contributed by atoms with E-state index < -0.39 is 0 Å². The number of fused-ring (bicyclic) bond motifs is 1. The summed E-state index contributed by atoms with van der Waals surface area (Å²) < 4.78 is 11.7. The first-order valence-electron chi connectivity index (χ1n) is 9.70. The Morgan fingerprint density at radius 2 is 1.70 bits per heavy atom. The Hall–Kier alpha value is -2.04. The fraction of sp³-hybridized carbons (Fsp3) is 0.478. The van der Waals surface area contributed by atoms with E-state index in [2.05, 4.69) is 69.3 Å². The molecule has 27 heavy (non-hydrogen) atoms. The van der Waals surface area contributed by atoms with Gasteiger partial charge < -0.3 is 19.7 Å². The lowest BCUT2D eigenvalue weighted by atomic mass is 9.86. The normalized spacial score (nSPS) is 16.3. The molecular formula is C23H32N2O2. The molecule has 2 aromatic rings. The molecule has 0 saturated carbocycles. The number of likely N-dealkylation sites (N-methyl/N-ethyl adjacent to an activating group) is 1. The fourth-order valence-electron chi connectivity index (χ4n) is 3.75. The van der Waals surface area contributed by atoms with Gasteiger partial charge in [-0.3, -0.25) is 0 Å². The summed E-state index contributed by atoms with van der Waals surface area (Å²) in [7, 11) is 5.82. The highest BCUT2D eigenvalue weighted by Gasteiger charge is 2.25. The molecule has 146 valence electrons. The maximum Gasteiger partial charge on any atom is 0.161 e. The van der Waals surface area contributed by atoms with Crippen molar-refractivity contribution in [3.05, 3.63) is 57.6 Å². The van der Waals surface area contributed by atoms with E-state index in [1.54, 1.807) is 7.11 Å². The monoisotopic (exact) mass is 368 g/mol. The van der Waals surface area contributed by atoms with Gasteiger partial charge in [-0.05, 0) is 86.8 Å². The average molecular weight is 369 g/mol. The highest BCUT2D eigenvalue weighted by molar-refractivity contribution is 5.53. The largest absolute Gasteiger partial charge is 0.493 e. The van der Waals surface area contributed by atoms with Crippen molar-refractivity contribution in [3.63, 3.8) is 0 Å². The van der Waals surface area contributed by atoms with Gasteiger partial charge in [-0.15, -0.1) is 0 Å². The standard InChI is InChI=1S/C23H32N2O2/c1-15-11-17(3)19(12-16(15)2)23-20-14-22(27-10-9-25(4)5)21(26-6)13-18(20)7-8-24-23/h11-14,23-24H,7-10H2,1-6H3. The summed E-state index contributed by atoms with van der Waals surface area (Å²) in [6.45, 7) is 9.05. The van der Waals surface area contributed by atoms with Crippen LogP contribution in [-0.4, -0.2) is 45.8 Å². The van der Waals surface area contributed by atoms with Crippen LogP contribution in [0, 0.1) is 20.8 Å². The van der Waals surface area contributed by atoms with Crippen molar-refractivity contribution in [2.24, 2.45) is 0 Å². The van der Waals surface area contributed by atoms with Crippen LogP contribution in [0.15, 0.2) is 24.3 Å². The Labute approximate surface area is 163 Å². The van der Waals surface area contributed by atoms with Crippen LogP contribution in [-0.2, 0) is 6.42 Å². The van der Waals surface area contributed by atoms with E-state index in [0.717, 1.165) is 31.0 Å². The summed E-state index contributed by atoms with van der Waals surface area (Å²) in [6, 6.07) is 9.14. The maximum atomic E-state index is 6.07. The molecule has 1 heterocycles. The van der Waals surface area contributed by atoms with Crippen LogP contribution in [0.2, 0.25) is 0 Å². The Bertz CT molecular complexity index is 815. The van der Waals surface area contributed by atoms with E-state index in [9.17, 15) is 0 Å². The first-order valence-corrected chi connectivity index (χ1v) is 9.70. The quantitative estimate of drug-likeness (QED) is 0.841. The molecule has 0 fully saturated rings. The van der Waals surface area contributed by atoms with Gasteiger partial charge in [0.25, 0.3) is 0 Å². The SMILES string of the molecule is COc1cc2c(cc1OCCN(C)C)C(c1cc(C)c(C)cc1C)NCC2. The highest BCUT2D eigenvalue weighted by Crippen LogP contribution is 2.38. The molecular weight excluding hydrogens is 336 g/mol. The zero-order valence-corrected chi connectivity index (χ0v) is 17.5. The Morgan fingerprint density at radius 1 is 0.963 bits per heavy atom. The number of hydrogen-bond donors (Lipinski definition) is 1. The van der Waals surface area contributed by atoms with Gasteiger partial charge >= 0.3 is 0 Å². The molecule has 3 rings (SSSR count). The van der Waals surface area contributed by atoms with Crippen LogP contribution >= 0.6 is 0 Å². The number of hydrogen-bond acceptors (Lipinski definition) is 4. The minimum Gasteiger partial charge on any atom is -0.493 e. The van der Waals surface area contributed by atoms with Gasteiger partial charge in [-0.2, -0.15) is 0 Å². The predicted octanol–water partition coefficient (Wildman–Crippen LogP) is 3.80. The molecule has 0 saturated heterocycles. The van der Waals surface area contributed by atoms with E-state index in [-0.39, 0.29) is 6.04 Å². The number of benzene rings is 2. The molecule has 0 radical (unpaired) electrons. The Morgan fingerprint density at radius 3 is 2.41 bits per heavy atom. The molecule has 0 aromatic heterocycles. The number of ether oxygens (including phenoxy) is 2. The first kappa shape index (κ1) is 19.7. The lowest BCUT2D eigenvalue weighted by Crippen LogP contribution is -2.31. The van der Waals surface area contributed by atoms with Gasteiger partial charge in [0.1, 0.15) is 6.61 Å². The van der Waals surface area contributed by atoms with Crippen LogP contribution in [0.25, 0.3) is 0 Å². The number of nitrogens with one attached hydrogen (secondary N) is 1. The van der Waals surface area contributed by atoms with Gasteiger partial charge in [-0.1, -0.05) is 12.1 Å². The van der Waals surface area contributed by atoms with Crippen molar-refractivity contribution < 1.29 is 9.47 Å². The predicted molar refractivity (Wildman–Crippen MR) is 111 cm³/mol. The smallest absolute Gasteiger partial charge is 0.161 e. The third-order valence-electron chi connectivity index (χ3n) is 5.47. The van der Waals surface area contributed by atoms with E-state index >= 15 is 0 Å². The third kappa shape index (κ3) is 4.28. The Balaban J connectivity index is 1.99. The molecule has 0 spiro atoms. The zero-order chi connectivity index (χ0) is 19.6. The molecule has 0 aliphatic carbocycles. The van der Waals surface area contributed by atoms with Crippen molar-refractivity contribution in [2.45, 2.75) is 33.2 Å². The lowest BCUT2D eigenvalue weighted by Gasteiger charge is -2.30. The van der Waals surface area contributed by atoms with E-state index in [0.29, 0.717) is 6.61 Å². The van der Waals surface area contributed by atoms with E-state index in [1.807, 2.05) is 0 Å². The topological polar surface area (TPSA) is 33.7 Å². The first-order chi connectivity index (χ1) is 12.9. The van der Waals surface area contributed by atoms with Gasteiger partial charge in [0, 0.05) is 13.1 Å². The minimum absolute atomic E-state index is 0.190. The zero-order valence-electron chi connectivity index (χ0n) is 17.5. The number of rotatable bonds is 6. The average Bonchev–Trinajstić information content (AvgIpc) is 2.63. The van der Waals surface area contributed by atoms with Gasteiger partial charge in [0.2, 0.25) is 0 Å². The highest BCUT2D eigenvalue weighted by atomic mass is 16.5. The van der Waals surface area contributed by atoms with Crippen LogP contribution in [0.5, 0.6) is 11.5 Å². The lowest BCUT2D eigenvalue weighted by molar-refractivity contribution is 0.250. The molecule has 1 aliphatic rings. The second-order valence-electron chi connectivity index (χ2n) is 7.78. The summed E-state index contributed by atoms with van der Waals surface area (Å²) in [6.07, 6.45) is 1.00.